The third-order valence-electron chi connectivity index (χ3n) is 3.82. The van der Waals surface area contributed by atoms with Gasteiger partial charge in [0.25, 0.3) is 0 Å². The zero-order valence-corrected chi connectivity index (χ0v) is 10.4. The number of piperazine rings is 1. The van der Waals surface area contributed by atoms with Gasteiger partial charge >= 0.3 is 0 Å². The van der Waals surface area contributed by atoms with E-state index in [2.05, 4.69) is 44.8 Å². The highest BCUT2D eigenvalue weighted by Gasteiger charge is 2.34. The molecular formula is C12H26N2. The lowest BCUT2D eigenvalue weighted by molar-refractivity contribution is 0.0291. The molecule has 2 unspecified atom stereocenters. The topological polar surface area (TPSA) is 15.3 Å². The highest BCUT2D eigenvalue weighted by molar-refractivity contribution is 4.92. The van der Waals surface area contributed by atoms with Gasteiger partial charge in [-0.3, -0.25) is 4.90 Å². The predicted molar refractivity (Wildman–Crippen MR) is 62.6 cm³/mol. The summed E-state index contributed by atoms with van der Waals surface area (Å²) in [5.74, 6) is 0.798. The van der Waals surface area contributed by atoms with Crippen LogP contribution >= 0.6 is 0 Å². The van der Waals surface area contributed by atoms with Crippen LogP contribution in [0.3, 0.4) is 0 Å². The molecule has 1 aliphatic rings. The van der Waals surface area contributed by atoms with Crippen LogP contribution in [0.15, 0.2) is 0 Å². The quantitative estimate of drug-likeness (QED) is 0.747. The summed E-state index contributed by atoms with van der Waals surface area (Å²) in [6, 6.07) is 0.706. The van der Waals surface area contributed by atoms with Gasteiger partial charge in [-0.2, -0.15) is 0 Å². The van der Waals surface area contributed by atoms with E-state index in [4.69, 9.17) is 0 Å². The fourth-order valence-electron chi connectivity index (χ4n) is 2.40. The van der Waals surface area contributed by atoms with E-state index in [9.17, 15) is 0 Å². The second-order valence-electron chi connectivity index (χ2n) is 5.31. The molecule has 1 fully saturated rings. The first-order valence-corrected chi connectivity index (χ1v) is 5.96. The molecule has 2 atom stereocenters. The molecule has 0 bridgehead atoms. The minimum Gasteiger partial charge on any atom is -0.314 e. The zero-order chi connectivity index (χ0) is 10.8. The molecule has 0 saturated carbocycles. The minimum absolute atomic E-state index is 0.321. The Hall–Kier alpha value is -0.0800. The van der Waals surface area contributed by atoms with Crippen molar-refractivity contribution in [2.75, 3.05) is 19.6 Å². The Balaban J connectivity index is 2.64. The van der Waals surface area contributed by atoms with Gasteiger partial charge in [-0.05, 0) is 26.7 Å². The highest BCUT2D eigenvalue weighted by atomic mass is 15.3. The van der Waals surface area contributed by atoms with Crippen LogP contribution in [0.1, 0.15) is 41.0 Å². The van der Waals surface area contributed by atoms with Crippen LogP contribution in [0, 0.1) is 5.92 Å². The molecule has 0 amide bonds. The normalized spacial score (nSPS) is 27.2. The standard InChI is InChI=1S/C12H26N2/c1-6-10(2)11(3)14-8-7-13-9-12(14,4)5/h10-11,13H,6-9H2,1-5H3. The van der Waals surface area contributed by atoms with Crippen LogP contribution < -0.4 is 5.32 Å². The monoisotopic (exact) mass is 198 g/mol. The van der Waals surface area contributed by atoms with Gasteiger partial charge in [0, 0.05) is 31.2 Å². The summed E-state index contributed by atoms with van der Waals surface area (Å²) in [5.41, 5.74) is 0.321. The molecule has 0 aromatic rings. The lowest BCUT2D eigenvalue weighted by atomic mass is 9.91. The van der Waals surface area contributed by atoms with E-state index in [0.717, 1.165) is 19.0 Å². The highest BCUT2D eigenvalue weighted by Crippen LogP contribution is 2.24. The van der Waals surface area contributed by atoms with Crippen molar-refractivity contribution in [1.82, 2.24) is 10.2 Å². The van der Waals surface area contributed by atoms with Crippen molar-refractivity contribution in [2.45, 2.75) is 52.6 Å². The molecular weight excluding hydrogens is 172 g/mol. The van der Waals surface area contributed by atoms with Gasteiger partial charge in [0.15, 0.2) is 0 Å². The minimum atomic E-state index is 0.321. The summed E-state index contributed by atoms with van der Waals surface area (Å²) in [5, 5.41) is 3.48. The number of rotatable bonds is 3. The predicted octanol–water partition coefficient (Wildman–Crippen LogP) is 2.10. The van der Waals surface area contributed by atoms with E-state index in [0.29, 0.717) is 11.6 Å². The molecule has 14 heavy (non-hydrogen) atoms. The summed E-state index contributed by atoms with van der Waals surface area (Å²) in [7, 11) is 0. The van der Waals surface area contributed by atoms with E-state index < -0.39 is 0 Å². The summed E-state index contributed by atoms with van der Waals surface area (Å²) in [6.45, 7) is 15.2. The van der Waals surface area contributed by atoms with Crippen molar-refractivity contribution < 1.29 is 0 Å². The van der Waals surface area contributed by atoms with Crippen LogP contribution in [0.5, 0.6) is 0 Å². The summed E-state index contributed by atoms with van der Waals surface area (Å²) in [6.07, 6.45) is 1.28. The van der Waals surface area contributed by atoms with Gasteiger partial charge in [-0.15, -0.1) is 0 Å². The van der Waals surface area contributed by atoms with Gasteiger partial charge in [0.2, 0.25) is 0 Å². The molecule has 84 valence electrons. The maximum atomic E-state index is 3.48. The molecule has 0 aromatic carbocycles. The molecule has 1 heterocycles. The van der Waals surface area contributed by atoms with Crippen molar-refractivity contribution >= 4 is 0 Å². The Bertz CT molecular complexity index is 177. The second kappa shape index (κ2) is 4.63. The van der Waals surface area contributed by atoms with E-state index >= 15 is 0 Å². The summed E-state index contributed by atoms with van der Waals surface area (Å²) < 4.78 is 0. The first-order chi connectivity index (χ1) is 6.49. The van der Waals surface area contributed by atoms with Crippen LogP contribution in [0.2, 0.25) is 0 Å². The van der Waals surface area contributed by atoms with Crippen molar-refractivity contribution in [3.8, 4) is 0 Å². The van der Waals surface area contributed by atoms with Gasteiger partial charge in [0.05, 0.1) is 0 Å². The summed E-state index contributed by atoms with van der Waals surface area (Å²) in [4.78, 5) is 2.66. The van der Waals surface area contributed by atoms with Gasteiger partial charge in [0.1, 0.15) is 0 Å². The van der Waals surface area contributed by atoms with Crippen molar-refractivity contribution in [3.63, 3.8) is 0 Å². The molecule has 0 aliphatic carbocycles. The van der Waals surface area contributed by atoms with Gasteiger partial charge in [-0.25, -0.2) is 0 Å². The third kappa shape index (κ3) is 2.48. The first-order valence-electron chi connectivity index (χ1n) is 5.96. The molecule has 1 aliphatic heterocycles. The molecule has 2 nitrogen and oxygen atoms in total. The molecule has 0 radical (unpaired) electrons. The Labute approximate surface area is 89.1 Å². The summed E-state index contributed by atoms with van der Waals surface area (Å²) >= 11 is 0. The maximum absolute atomic E-state index is 3.48. The molecule has 0 aromatic heterocycles. The molecule has 0 spiro atoms. The maximum Gasteiger partial charge on any atom is 0.0281 e. The Morgan fingerprint density at radius 3 is 2.50 bits per heavy atom. The average molecular weight is 198 g/mol. The Kier molecular flexibility index (Phi) is 3.96. The second-order valence-corrected chi connectivity index (χ2v) is 5.31. The lowest BCUT2D eigenvalue weighted by Crippen LogP contribution is -2.61. The van der Waals surface area contributed by atoms with E-state index in [1.54, 1.807) is 0 Å². The Morgan fingerprint density at radius 2 is 2.00 bits per heavy atom. The van der Waals surface area contributed by atoms with Crippen LogP contribution in [0.25, 0.3) is 0 Å². The number of nitrogens with zero attached hydrogens (tertiary/aromatic N) is 1. The van der Waals surface area contributed by atoms with Crippen molar-refractivity contribution in [2.24, 2.45) is 5.92 Å². The van der Waals surface area contributed by atoms with E-state index in [1.807, 2.05) is 0 Å². The Morgan fingerprint density at radius 1 is 1.36 bits per heavy atom. The smallest absolute Gasteiger partial charge is 0.0281 e. The number of nitrogens with one attached hydrogen (secondary N) is 1. The molecule has 2 heteroatoms. The van der Waals surface area contributed by atoms with Crippen LogP contribution in [-0.2, 0) is 0 Å². The molecule has 1 saturated heterocycles. The largest absolute Gasteiger partial charge is 0.314 e. The number of hydrogen-bond donors (Lipinski definition) is 1. The van der Waals surface area contributed by atoms with Gasteiger partial charge in [-0.1, -0.05) is 20.3 Å². The number of hydrogen-bond acceptors (Lipinski definition) is 2. The third-order valence-corrected chi connectivity index (χ3v) is 3.82. The molecule has 1 N–H and O–H groups in total. The van der Waals surface area contributed by atoms with Crippen molar-refractivity contribution in [3.05, 3.63) is 0 Å². The van der Waals surface area contributed by atoms with Crippen LogP contribution in [0.4, 0.5) is 0 Å². The lowest BCUT2D eigenvalue weighted by Gasteiger charge is -2.48. The average Bonchev–Trinajstić information content (AvgIpc) is 2.15. The van der Waals surface area contributed by atoms with E-state index in [-0.39, 0.29) is 0 Å². The fourth-order valence-corrected chi connectivity index (χ4v) is 2.40. The SMILES string of the molecule is CCC(C)C(C)N1CCNCC1(C)C. The van der Waals surface area contributed by atoms with E-state index in [1.165, 1.54) is 13.0 Å². The van der Waals surface area contributed by atoms with Gasteiger partial charge < -0.3 is 5.32 Å². The fraction of sp³-hybridized carbons (Fsp3) is 1.00. The first kappa shape index (κ1) is 12.0. The van der Waals surface area contributed by atoms with Crippen molar-refractivity contribution in [1.29, 1.82) is 0 Å². The zero-order valence-electron chi connectivity index (χ0n) is 10.4. The van der Waals surface area contributed by atoms with Crippen LogP contribution in [-0.4, -0.2) is 36.1 Å². The molecule has 1 rings (SSSR count).